The number of amides is 3. The van der Waals surface area contributed by atoms with Crippen molar-refractivity contribution in [1.29, 1.82) is 0 Å². The maximum atomic E-state index is 11.9. The molecule has 0 bridgehead atoms. The van der Waals surface area contributed by atoms with E-state index in [1.165, 1.54) is 12.0 Å². The largest absolute Gasteiger partial charge is 0.479 e. The smallest absolute Gasteiger partial charge is 0.334 e. The predicted octanol–water partition coefficient (Wildman–Crippen LogP) is -1.01. The zero-order valence-electron chi connectivity index (χ0n) is 10.8. The second kappa shape index (κ2) is 6.93. The number of carboxylic acid groups (broad SMARTS) is 1. The lowest BCUT2D eigenvalue weighted by molar-refractivity contribution is -0.148. The van der Waals surface area contributed by atoms with E-state index in [-0.39, 0.29) is 24.9 Å². The number of piperidine rings is 1. The average molecular weight is 273 g/mol. The van der Waals surface area contributed by atoms with Crippen molar-refractivity contribution < 1.29 is 24.2 Å². The third kappa shape index (κ3) is 4.40. The first-order valence-corrected chi connectivity index (χ1v) is 6.03. The van der Waals surface area contributed by atoms with Gasteiger partial charge in [-0.05, 0) is 12.8 Å². The molecule has 0 radical (unpaired) electrons. The molecule has 8 nitrogen and oxygen atoms in total. The minimum atomic E-state index is -1.13. The minimum absolute atomic E-state index is 0.0995. The Morgan fingerprint density at radius 3 is 2.74 bits per heavy atom. The number of methoxy groups -OCH3 is 1. The number of hydrogen-bond acceptors (Lipinski definition) is 4. The van der Waals surface area contributed by atoms with Crippen LogP contribution in [-0.4, -0.2) is 60.8 Å². The van der Waals surface area contributed by atoms with Crippen LogP contribution in [0.25, 0.3) is 0 Å². The second-order valence-electron chi connectivity index (χ2n) is 4.43. The highest BCUT2D eigenvalue weighted by Gasteiger charge is 2.28. The Labute approximate surface area is 110 Å². The van der Waals surface area contributed by atoms with E-state index in [9.17, 15) is 14.4 Å². The van der Waals surface area contributed by atoms with E-state index in [2.05, 4.69) is 5.32 Å². The number of urea groups is 1. The third-order valence-corrected chi connectivity index (χ3v) is 3.13. The molecule has 0 spiro atoms. The van der Waals surface area contributed by atoms with Gasteiger partial charge in [0.15, 0.2) is 6.10 Å². The van der Waals surface area contributed by atoms with Gasteiger partial charge in [0.1, 0.15) is 0 Å². The molecule has 1 rings (SSSR count). The zero-order valence-corrected chi connectivity index (χ0v) is 10.8. The Bertz CT molecular complexity index is 360. The molecule has 1 aliphatic heterocycles. The Morgan fingerprint density at radius 2 is 2.21 bits per heavy atom. The average Bonchev–Trinajstić information content (AvgIpc) is 2.38. The fraction of sp³-hybridized carbons (Fsp3) is 0.727. The molecule has 1 fully saturated rings. The summed E-state index contributed by atoms with van der Waals surface area (Å²) in [5, 5.41) is 11.3. The number of carboxylic acids is 1. The molecule has 1 heterocycles. The summed E-state index contributed by atoms with van der Waals surface area (Å²) < 4.78 is 4.71. The highest BCUT2D eigenvalue weighted by molar-refractivity contribution is 5.81. The minimum Gasteiger partial charge on any atom is -0.479 e. The summed E-state index contributed by atoms with van der Waals surface area (Å²) in [6.45, 7) is 0.721. The summed E-state index contributed by atoms with van der Waals surface area (Å²) >= 11 is 0. The molecule has 4 N–H and O–H groups in total. The monoisotopic (exact) mass is 273 g/mol. The number of hydrogen-bond donors (Lipinski definition) is 3. The van der Waals surface area contributed by atoms with Crippen LogP contribution in [0.15, 0.2) is 0 Å². The molecule has 1 aliphatic rings. The molecular formula is C11H19N3O5. The van der Waals surface area contributed by atoms with E-state index in [0.717, 1.165) is 0 Å². The summed E-state index contributed by atoms with van der Waals surface area (Å²) in [6.07, 6.45) is 0.286. The van der Waals surface area contributed by atoms with E-state index >= 15 is 0 Å². The summed E-state index contributed by atoms with van der Waals surface area (Å²) in [7, 11) is 1.26. The molecule has 2 atom stereocenters. The van der Waals surface area contributed by atoms with Gasteiger partial charge in [0.25, 0.3) is 0 Å². The summed E-state index contributed by atoms with van der Waals surface area (Å²) in [5.41, 5.74) is 5.17. The lowest BCUT2D eigenvalue weighted by atomic mass is 9.97. The van der Waals surface area contributed by atoms with Crippen LogP contribution in [0.1, 0.15) is 12.8 Å². The van der Waals surface area contributed by atoms with E-state index in [4.69, 9.17) is 15.6 Å². The number of nitrogens with one attached hydrogen (secondary N) is 1. The number of aliphatic carboxylic acids is 1. The molecule has 19 heavy (non-hydrogen) atoms. The van der Waals surface area contributed by atoms with Crippen LogP contribution < -0.4 is 11.1 Å². The van der Waals surface area contributed by atoms with Gasteiger partial charge in [-0.15, -0.1) is 0 Å². The van der Waals surface area contributed by atoms with Crippen LogP contribution >= 0.6 is 0 Å². The van der Waals surface area contributed by atoms with Gasteiger partial charge in [-0.25, -0.2) is 9.59 Å². The molecule has 3 amide bonds. The van der Waals surface area contributed by atoms with Crippen molar-refractivity contribution >= 4 is 17.9 Å². The van der Waals surface area contributed by atoms with Gasteiger partial charge in [-0.3, -0.25) is 4.79 Å². The molecule has 0 aromatic rings. The number of ether oxygens (including phenoxy) is 1. The van der Waals surface area contributed by atoms with Crippen LogP contribution in [0, 0.1) is 5.92 Å². The Kier molecular flexibility index (Phi) is 5.56. The number of carbonyl (C=O) groups excluding carboxylic acids is 2. The quantitative estimate of drug-likeness (QED) is 0.592. The normalized spacial score (nSPS) is 20.7. The topological polar surface area (TPSA) is 122 Å². The Morgan fingerprint density at radius 1 is 1.53 bits per heavy atom. The van der Waals surface area contributed by atoms with Crippen LogP contribution in [0.4, 0.5) is 4.79 Å². The van der Waals surface area contributed by atoms with E-state index < -0.39 is 18.1 Å². The number of nitrogens with two attached hydrogens (primary N) is 1. The highest BCUT2D eigenvalue weighted by Crippen LogP contribution is 2.16. The van der Waals surface area contributed by atoms with E-state index in [1.807, 2.05) is 0 Å². The van der Waals surface area contributed by atoms with Crippen LogP contribution in [-0.2, 0) is 14.3 Å². The predicted molar refractivity (Wildman–Crippen MR) is 65.3 cm³/mol. The van der Waals surface area contributed by atoms with Crippen LogP contribution in [0.5, 0.6) is 0 Å². The van der Waals surface area contributed by atoms with Crippen molar-refractivity contribution in [2.45, 2.75) is 18.9 Å². The van der Waals surface area contributed by atoms with E-state index in [1.54, 1.807) is 0 Å². The molecule has 2 unspecified atom stereocenters. The molecule has 0 aliphatic carbocycles. The van der Waals surface area contributed by atoms with Crippen molar-refractivity contribution in [2.24, 2.45) is 11.7 Å². The van der Waals surface area contributed by atoms with Crippen molar-refractivity contribution in [3.8, 4) is 0 Å². The lowest BCUT2D eigenvalue weighted by Crippen LogP contribution is -2.48. The molecule has 0 aromatic heterocycles. The molecule has 1 saturated heterocycles. The Balaban J connectivity index is 2.44. The van der Waals surface area contributed by atoms with Gasteiger partial charge in [0.05, 0.1) is 12.5 Å². The van der Waals surface area contributed by atoms with E-state index in [0.29, 0.717) is 19.4 Å². The standard InChI is InChI=1S/C11H19N3O5/c1-19-8(10(16)17)5-13-9(15)7-3-2-4-14(6-7)11(12)18/h7-8H,2-6H2,1H3,(H2,12,18)(H,13,15)(H,16,17). The highest BCUT2D eigenvalue weighted by atomic mass is 16.5. The van der Waals surface area contributed by atoms with Gasteiger partial charge in [-0.2, -0.15) is 0 Å². The number of nitrogens with zero attached hydrogens (tertiary/aromatic N) is 1. The van der Waals surface area contributed by atoms with Crippen molar-refractivity contribution in [1.82, 2.24) is 10.2 Å². The SMILES string of the molecule is COC(CNC(=O)C1CCCN(C(N)=O)C1)C(=O)O. The third-order valence-electron chi connectivity index (χ3n) is 3.13. The maximum Gasteiger partial charge on any atom is 0.334 e. The zero-order chi connectivity index (χ0) is 14.4. The first kappa shape index (κ1) is 15.2. The van der Waals surface area contributed by atoms with Crippen LogP contribution in [0.2, 0.25) is 0 Å². The van der Waals surface area contributed by atoms with Gasteiger partial charge in [-0.1, -0.05) is 0 Å². The number of likely N-dealkylation sites (tertiary alicyclic amines) is 1. The molecule has 108 valence electrons. The summed E-state index contributed by atoms with van der Waals surface area (Å²) in [5.74, 6) is -1.77. The van der Waals surface area contributed by atoms with Crippen molar-refractivity contribution in [3.05, 3.63) is 0 Å². The summed E-state index contributed by atoms with van der Waals surface area (Å²) in [6, 6.07) is -0.544. The molecule has 8 heteroatoms. The van der Waals surface area contributed by atoms with Gasteiger partial charge < -0.3 is 25.8 Å². The molecule has 0 aromatic carbocycles. The first-order valence-electron chi connectivity index (χ1n) is 6.03. The number of carbonyl (C=O) groups is 3. The van der Waals surface area contributed by atoms with Crippen molar-refractivity contribution in [3.63, 3.8) is 0 Å². The maximum absolute atomic E-state index is 11.9. The van der Waals surface area contributed by atoms with Gasteiger partial charge in [0.2, 0.25) is 5.91 Å². The summed E-state index contributed by atoms with van der Waals surface area (Å²) in [4.78, 5) is 35.0. The lowest BCUT2D eigenvalue weighted by Gasteiger charge is -2.30. The fourth-order valence-corrected chi connectivity index (χ4v) is 2.00. The molecular weight excluding hydrogens is 254 g/mol. The van der Waals surface area contributed by atoms with Gasteiger partial charge in [0, 0.05) is 20.2 Å². The Hall–Kier alpha value is -1.83. The second-order valence-corrected chi connectivity index (χ2v) is 4.43. The number of rotatable bonds is 5. The fourth-order valence-electron chi connectivity index (χ4n) is 2.00. The first-order chi connectivity index (χ1) is 8.95. The van der Waals surface area contributed by atoms with Gasteiger partial charge >= 0.3 is 12.0 Å². The molecule has 0 saturated carbocycles. The number of primary amides is 1. The van der Waals surface area contributed by atoms with Crippen molar-refractivity contribution in [2.75, 3.05) is 26.7 Å². The van der Waals surface area contributed by atoms with Crippen LogP contribution in [0.3, 0.4) is 0 Å².